The summed E-state index contributed by atoms with van der Waals surface area (Å²) in [5.41, 5.74) is 0. The average Bonchev–Trinajstić information content (AvgIpc) is 0.811. The first-order chi connectivity index (χ1) is 1.73. The molecule has 0 atom stereocenters. The second-order valence-corrected chi connectivity index (χ2v) is 0.519. The third-order valence-corrected chi connectivity index (χ3v) is 0. The van der Waals surface area contributed by atoms with Gasteiger partial charge < -0.3 is 5.11 Å². The van der Waals surface area contributed by atoms with Gasteiger partial charge in [0.1, 0.15) is 0 Å². The Hall–Kier alpha value is 0.260. The van der Waals surface area contributed by atoms with Gasteiger partial charge in [0, 0.05) is 6.92 Å². The van der Waals surface area contributed by atoms with Crippen LogP contribution in [0.3, 0.4) is 0 Å². The second-order valence-electron chi connectivity index (χ2n) is 0.519. The van der Waals surface area contributed by atoms with E-state index in [1.54, 1.807) is 0 Å². The van der Waals surface area contributed by atoms with Crippen molar-refractivity contribution in [2.75, 3.05) is 0 Å². The molecule has 32 valence electrons. The Kier molecular flexibility index (Phi) is 7.65. The predicted molar refractivity (Wildman–Crippen MR) is 21.9 cm³/mol. The summed E-state index contributed by atoms with van der Waals surface area (Å²) in [5.74, 6) is -0.833. The third-order valence-electron chi connectivity index (χ3n) is 0. The van der Waals surface area contributed by atoms with Crippen molar-refractivity contribution in [1.82, 2.24) is 0 Å². The molecule has 0 spiro atoms. The number of hydrogen-bond acceptors (Lipinski definition) is 1. The molecule has 0 aromatic carbocycles. The molecule has 3 heteroatoms. The van der Waals surface area contributed by atoms with Crippen LogP contribution in [0, 0.1) is 0 Å². The summed E-state index contributed by atoms with van der Waals surface area (Å²) in [6.45, 7) is 1.08. The van der Waals surface area contributed by atoms with Crippen molar-refractivity contribution in [1.29, 1.82) is 0 Å². The zero-order chi connectivity index (χ0) is 3.58. The minimum atomic E-state index is -0.833. The fourth-order valence-electron chi connectivity index (χ4n) is 0. The van der Waals surface area contributed by atoms with Crippen molar-refractivity contribution < 1.29 is 9.90 Å². The van der Waals surface area contributed by atoms with Gasteiger partial charge in [-0.3, -0.25) is 4.79 Å². The Balaban J connectivity index is 0. The molecule has 0 fully saturated rings. The van der Waals surface area contributed by atoms with Crippen molar-refractivity contribution in [3.05, 3.63) is 0 Å². The van der Waals surface area contributed by atoms with Gasteiger partial charge in [-0.25, -0.2) is 0 Å². The van der Waals surface area contributed by atoms with Gasteiger partial charge >= 0.3 is 23.7 Å². The molecule has 0 aliphatic carbocycles. The van der Waals surface area contributed by atoms with E-state index in [1.165, 1.54) is 0 Å². The molecule has 0 saturated carbocycles. The number of aliphatic carboxylic acids is 1. The number of hydrogen-bond donors (Lipinski definition) is 1. The molecule has 0 rings (SSSR count). The van der Waals surface area contributed by atoms with Crippen molar-refractivity contribution in [3.8, 4) is 0 Å². The third kappa shape index (κ3) is 323. The van der Waals surface area contributed by atoms with Crippen molar-refractivity contribution in [2.45, 2.75) is 6.92 Å². The van der Waals surface area contributed by atoms with Gasteiger partial charge in [-0.2, -0.15) is 0 Å². The molecule has 0 radical (unpaired) electrons. The molecule has 0 aliphatic heterocycles. The van der Waals surface area contributed by atoms with Gasteiger partial charge in [-0.15, -0.1) is 0 Å². The number of rotatable bonds is 0. The van der Waals surface area contributed by atoms with Gasteiger partial charge in [0.25, 0.3) is 5.97 Å². The van der Waals surface area contributed by atoms with Gasteiger partial charge in [0.15, 0.2) is 0 Å². The average molecular weight is 190 g/mol. The van der Waals surface area contributed by atoms with Crippen molar-refractivity contribution >= 4 is 29.6 Å². The number of carboxylic acids is 1. The first-order valence-corrected chi connectivity index (χ1v) is 0.928. The molecule has 0 aromatic heterocycles. The first-order valence-electron chi connectivity index (χ1n) is 0.928. The summed E-state index contributed by atoms with van der Waals surface area (Å²) < 4.78 is 0. The standard InChI is InChI=1S/C2H4O2.H2Te/c1-2(3)4;/h1H3,(H,3,4);1H2. The number of carboxylic acid groups (broad SMARTS) is 1. The van der Waals surface area contributed by atoms with E-state index in [2.05, 4.69) is 0 Å². The topological polar surface area (TPSA) is 37.3 Å². The molecule has 0 saturated heterocycles. The Bertz CT molecular complexity index is 30.6. The van der Waals surface area contributed by atoms with E-state index in [9.17, 15) is 0 Å². The maximum absolute atomic E-state index is 9.00. The van der Waals surface area contributed by atoms with Crippen LogP contribution in [0.25, 0.3) is 0 Å². The van der Waals surface area contributed by atoms with Crippen LogP contribution >= 0.6 is 0 Å². The fraction of sp³-hybridized carbons (Fsp3) is 0.500. The first kappa shape index (κ1) is 8.98. The summed E-state index contributed by atoms with van der Waals surface area (Å²) in [6.07, 6.45) is 0. The molecule has 1 N–H and O–H groups in total. The Morgan fingerprint density at radius 3 is 1.80 bits per heavy atom. The van der Waals surface area contributed by atoms with E-state index in [4.69, 9.17) is 9.90 Å². The summed E-state index contributed by atoms with van der Waals surface area (Å²) in [4.78, 5) is 9.00. The molecular formula is C2H6O2Te. The van der Waals surface area contributed by atoms with E-state index < -0.39 is 5.97 Å². The van der Waals surface area contributed by atoms with E-state index in [0.29, 0.717) is 0 Å². The SMILES string of the molecule is CC(=O)O.[TeH2]. The van der Waals surface area contributed by atoms with E-state index in [0.717, 1.165) is 6.92 Å². The molecular weight excluding hydrogens is 184 g/mol. The van der Waals surface area contributed by atoms with E-state index in [1.807, 2.05) is 0 Å². The van der Waals surface area contributed by atoms with Crippen molar-refractivity contribution in [3.63, 3.8) is 0 Å². The van der Waals surface area contributed by atoms with Gasteiger partial charge in [-0.1, -0.05) is 0 Å². The van der Waals surface area contributed by atoms with Crippen LogP contribution in [0.15, 0.2) is 0 Å². The Morgan fingerprint density at radius 1 is 1.80 bits per heavy atom. The van der Waals surface area contributed by atoms with Crippen LogP contribution in [0.4, 0.5) is 0 Å². The van der Waals surface area contributed by atoms with E-state index in [-0.39, 0.29) is 23.7 Å². The second kappa shape index (κ2) is 4.26. The zero-order valence-corrected chi connectivity index (χ0v) is 5.71. The maximum atomic E-state index is 9.00. The molecule has 0 aliphatic rings. The summed E-state index contributed by atoms with van der Waals surface area (Å²) >= 11 is 0. The van der Waals surface area contributed by atoms with Gasteiger partial charge in [0.05, 0.1) is 0 Å². The monoisotopic (exact) mass is 192 g/mol. The summed E-state index contributed by atoms with van der Waals surface area (Å²) in [6, 6.07) is 0. The fourth-order valence-corrected chi connectivity index (χ4v) is 0. The Labute approximate surface area is 46.9 Å². The molecule has 0 aromatic rings. The zero-order valence-electron chi connectivity index (χ0n) is 2.86. The molecule has 0 unspecified atom stereocenters. The van der Waals surface area contributed by atoms with Crippen LogP contribution in [0.2, 0.25) is 0 Å². The molecule has 2 nitrogen and oxygen atoms in total. The number of carbonyl (C=O) groups is 1. The molecule has 0 bridgehead atoms. The van der Waals surface area contributed by atoms with Crippen LogP contribution in [-0.4, -0.2) is 34.7 Å². The molecule has 0 heterocycles. The molecule has 0 amide bonds. The summed E-state index contributed by atoms with van der Waals surface area (Å²) in [7, 11) is 0. The predicted octanol–water partition coefficient (Wildman–Crippen LogP) is -0.825. The Morgan fingerprint density at radius 2 is 1.80 bits per heavy atom. The van der Waals surface area contributed by atoms with E-state index >= 15 is 0 Å². The van der Waals surface area contributed by atoms with Crippen molar-refractivity contribution in [2.24, 2.45) is 0 Å². The van der Waals surface area contributed by atoms with Gasteiger partial charge in [-0.05, 0) is 0 Å². The van der Waals surface area contributed by atoms with Crippen LogP contribution in [-0.2, 0) is 4.79 Å². The van der Waals surface area contributed by atoms with Crippen LogP contribution < -0.4 is 0 Å². The van der Waals surface area contributed by atoms with Gasteiger partial charge in [0.2, 0.25) is 0 Å². The van der Waals surface area contributed by atoms with Crippen LogP contribution in [0.1, 0.15) is 6.92 Å². The van der Waals surface area contributed by atoms with Crippen LogP contribution in [0.5, 0.6) is 0 Å². The molecule has 5 heavy (non-hydrogen) atoms. The minimum absolute atomic E-state index is 0. The summed E-state index contributed by atoms with van der Waals surface area (Å²) in [5, 5.41) is 7.42. The normalized spacial score (nSPS) is 5.00. The quantitative estimate of drug-likeness (QED) is 0.506.